The summed E-state index contributed by atoms with van der Waals surface area (Å²) in [5.74, 6) is -0.503. The van der Waals surface area contributed by atoms with Gasteiger partial charge in [-0.3, -0.25) is 9.59 Å². The summed E-state index contributed by atoms with van der Waals surface area (Å²) < 4.78 is 6.83. The highest BCUT2D eigenvalue weighted by atomic mass is 16.5. The van der Waals surface area contributed by atoms with E-state index in [1.807, 2.05) is 48.5 Å². The predicted molar refractivity (Wildman–Crippen MR) is 104 cm³/mol. The Kier molecular flexibility index (Phi) is 5.86. The number of rotatable bonds is 7. The summed E-state index contributed by atoms with van der Waals surface area (Å²) in [5.41, 5.74) is 3.49. The van der Waals surface area contributed by atoms with Gasteiger partial charge in [-0.1, -0.05) is 44.2 Å². The second-order valence-corrected chi connectivity index (χ2v) is 6.47. The number of imidazole rings is 1. The number of hydrogen-bond donors (Lipinski definition) is 1. The van der Waals surface area contributed by atoms with Crippen LogP contribution in [0.1, 0.15) is 31.7 Å². The maximum absolute atomic E-state index is 12.2. The molecule has 0 bridgehead atoms. The van der Waals surface area contributed by atoms with E-state index in [9.17, 15) is 9.59 Å². The number of anilines is 1. The van der Waals surface area contributed by atoms with E-state index < -0.39 is 5.97 Å². The van der Waals surface area contributed by atoms with Crippen molar-refractivity contribution in [2.24, 2.45) is 0 Å². The fourth-order valence-electron chi connectivity index (χ4n) is 2.91. The Labute approximate surface area is 158 Å². The molecule has 0 fully saturated rings. The number of nitrogens with one attached hydrogen (secondary N) is 1. The van der Waals surface area contributed by atoms with Gasteiger partial charge in [0.1, 0.15) is 6.54 Å². The minimum absolute atomic E-state index is 0.0112. The third kappa shape index (κ3) is 4.53. The molecule has 0 aliphatic rings. The van der Waals surface area contributed by atoms with Crippen molar-refractivity contribution < 1.29 is 14.3 Å². The molecule has 0 saturated heterocycles. The number of fused-ring (bicyclic) bond motifs is 1. The first-order valence-corrected chi connectivity index (χ1v) is 9.02. The molecule has 0 spiro atoms. The zero-order valence-electron chi connectivity index (χ0n) is 15.5. The quantitative estimate of drug-likeness (QED) is 0.648. The van der Waals surface area contributed by atoms with Gasteiger partial charge in [0.25, 0.3) is 5.91 Å². The molecule has 2 aromatic carbocycles. The molecular formula is C21H23N3O3. The highest BCUT2D eigenvalue weighted by Crippen LogP contribution is 2.26. The SMILES string of the molecule is CCC(C)c1ccccc1NC(=O)COC(=O)Cn1cnc2ccccc21. The zero-order chi connectivity index (χ0) is 19.2. The lowest BCUT2D eigenvalue weighted by atomic mass is 9.97. The van der Waals surface area contributed by atoms with Gasteiger partial charge in [0.15, 0.2) is 6.61 Å². The van der Waals surface area contributed by atoms with E-state index in [1.54, 1.807) is 10.9 Å². The van der Waals surface area contributed by atoms with Crippen LogP contribution in [-0.2, 0) is 20.9 Å². The first-order chi connectivity index (χ1) is 13.1. The molecule has 1 amide bonds. The molecule has 1 N–H and O–H groups in total. The summed E-state index contributed by atoms with van der Waals surface area (Å²) in [6.45, 7) is 3.91. The monoisotopic (exact) mass is 365 g/mol. The Hall–Kier alpha value is -3.15. The number of esters is 1. The van der Waals surface area contributed by atoms with Crippen LogP contribution in [0, 0.1) is 0 Å². The number of carbonyl (C=O) groups is 2. The van der Waals surface area contributed by atoms with E-state index in [4.69, 9.17) is 4.74 Å². The third-order valence-corrected chi connectivity index (χ3v) is 4.57. The Balaban J connectivity index is 1.56. The Bertz CT molecular complexity index is 949. The Morgan fingerprint density at radius 1 is 1.15 bits per heavy atom. The molecule has 1 aromatic heterocycles. The van der Waals surface area contributed by atoms with Crippen LogP contribution in [0.3, 0.4) is 0 Å². The minimum atomic E-state index is -0.483. The van der Waals surface area contributed by atoms with E-state index in [-0.39, 0.29) is 19.1 Å². The smallest absolute Gasteiger partial charge is 0.326 e. The predicted octanol–water partition coefficient (Wildman–Crippen LogP) is 3.73. The van der Waals surface area contributed by atoms with Crippen molar-refractivity contribution in [2.75, 3.05) is 11.9 Å². The first kappa shape index (κ1) is 18.6. The van der Waals surface area contributed by atoms with Gasteiger partial charge in [-0.25, -0.2) is 4.98 Å². The van der Waals surface area contributed by atoms with E-state index in [0.717, 1.165) is 28.7 Å². The lowest BCUT2D eigenvalue weighted by Crippen LogP contribution is -2.23. The van der Waals surface area contributed by atoms with Crippen molar-refractivity contribution in [1.82, 2.24) is 9.55 Å². The minimum Gasteiger partial charge on any atom is -0.454 e. The molecule has 0 saturated carbocycles. The van der Waals surface area contributed by atoms with Crippen LogP contribution in [0.4, 0.5) is 5.69 Å². The standard InChI is InChI=1S/C21H23N3O3/c1-3-15(2)16-8-4-5-9-17(16)23-20(25)13-27-21(26)12-24-14-22-18-10-6-7-11-19(18)24/h4-11,14-15H,3,12-13H2,1-2H3,(H,23,25). The molecule has 6 nitrogen and oxygen atoms in total. The number of ether oxygens (including phenoxy) is 1. The van der Waals surface area contributed by atoms with Crippen LogP contribution in [0.2, 0.25) is 0 Å². The average molecular weight is 365 g/mol. The van der Waals surface area contributed by atoms with Gasteiger partial charge >= 0.3 is 5.97 Å². The number of aromatic nitrogens is 2. The Morgan fingerprint density at radius 2 is 1.89 bits per heavy atom. The number of hydrogen-bond acceptors (Lipinski definition) is 4. The maximum atomic E-state index is 12.2. The summed E-state index contributed by atoms with van der Waals surface area (Å²) in [7, 11) is 0. The zero-order valence-corrected chi connectivity index (χ0v) is 15.5. The lowest BCUT2D eigenvalue weighted by Gasteiger charge is -2.15. The number of amides is 1. The summed E-state index contributed by atoms with van der Waals surface area (Å²) in [6.07, 6.45) is 2.56. The second kappa shape index (κ2) is 8.49. The fourth-order valence-corrected chi connectivity index (χ4v) is 2.91. The third-order valence-electron chi connectivity index (χ3n) is 4.57. The molecule has 6 heteroatoms. The summed E-state index contributed by atoms with van der Waals surface area (Å²) >= 11 is 0. The van der Waals surface area contributed by atoms with Gasteiger partial charge in [0.05, 0.1) is 17.4 Å². The molecule has 1 heterocycles. The molecule has 0 radical (unpaired) electrons. The van der Waals surface area contributed by atoms with Crippen LogP contribution in [0.5, 0.6) is 0 Å². The van der Waals surface area contributed by atoms with Gasteiger partial charge in [0, 0.05) is 5.69 Å². The van der Waals surface area contributed by atoms with Crippen molar-refractivity contribution in [3.05, 3.63) is 60.4 Å². The normalized spacial score (nSPS) is 11.9. The number of para-hydroxylation sites is 3. The molecule has 3 rings (SSSR count). The van der Waals surface area contributed by atoms with Crippen LogP contribution in [0.25, 0.3) is 11.0 Å². The summed E-state index contributed by atoms with van der Waals surface area (Å²) in [6, 6.07) is 15.2. The van der Waals surface area contributed by atoms with E-state index in [2.05, 4.69) is 24.1 Å². The Morgan fingerprint density at radius 3 is 2.70 bits per heavy atom. The number of nitrogens with zero attached hydrogens (tertiary/aromatic N) is 2. The maximum Gasteiger partial charge on any atom is 0.326 e. The van der Waals surface area contributed by atoms with Gasteiger partial charge in [-0.2, -0.15) is 0 Å². The van der Waals surface area contributed by atoms with Gasteiger partial charge < -0.3 is 14.6 Å². The van der Waals surface area contributed by atoms with Crippen molar-refractivity contribution in [1.29, 1.82) is 0 Å². The van der Waals surface area contributed by atoms with Gasteiger partial charge in [-0.05, 0) is 36.1 Å². The van der Waals surface area contributed by atoms with Crippen molar-refractivity contribution in [2.45, 2.75) is 32.7 Å². The summed E-state index contributed by atoms with van der Waals surface area (Å²) in [5, 5.41) is 2.83. The first-order valence-electron chi connectivity index (χ1n) is 9.02. The molecule has 27 heavy (non-hydrogen) atoms. The van der Waals surface area contributed by atoms with Crippen LogP contribution in [-0.4, -0.2) is 28.0 Å². The fraction of sp³-hybridized carbons (Fsp3) is 0.286. The van der Waals surface area contributed by atoms with Crippen molar-refractivity contribution >= 4 is 28.6 Å². The molecule has 140 valence electrons. The number of benzene rings is 2. The van der Waals surface area contributed by atoms with Gasteiger partial charge in [-0.15, -0.1) is 0 Å². The highest BCUT2D eigenvalue weighted by molar-refractivity contribution is 5.93. The molecular weight excluding hydrogens is 342 g/mol. The number of carbonyl (C=O) groups excluding carboxylic acids is 2. The highest BCUT2D eigenvalue weighted by Gasteiger charge is 2.13. The van der Waals surface area contributed by atoms with Crippen LogP contribution >= 0.6 is 0 Å². The molecule has 1 atom stereocenters. The topological polar surface area (TPSA) is 73.2 Å². The molecule has 0 aliphatic heterocycles. The second-order valence-electron chi connectivity index (χ2n) is 6.47. The average Bonchev–Trinajstić information content (AvgIpc) is 3.09. The van der Waals surface area contributed by atoms with Crippen LogP contribution < -0.4 is 5.32 Å². The van der Waals surface area contributed by atoms with Crippen molar-refractivity contribution in [3.8, 4) is 0 Å². The largest absolute Gasteiger partial charge is 0.454 e. The van der Waals surface area contributed by atoms with Crippen molar-refractivity contribution in [3.63, 3.8) is 0 Å². The van der Waals surface area contributed by atoms with Crippen LogP contribution in [0.15, 0.2) is 54.9 Å². The lowest BCUT2D eigenvalue weighted by molar-refractivity contribution is -0.147. The molecule has 1 unspecified atom stereocenters. The van der Waals surface area contributed by atoms with Gasteiger partial charge in [0.2, 0.25) is 0 Å². The van der Waals surface area contributed by atoms with E-state index in [1.165, 1.54) is 0 Å². The molecule has 3 aromatic rings. The van der Waals surface area contributed by atoms with E-state index in [0.29, 0.717) is 5.92 Å². The van der Waals surface area contributed by atoms with E-state index >= 15 is 0 Å². The molecule has 0 aliphatic carbocycles. The summed E-state index contributed by atoms with van der Waals surface area (Å²) in [4.78, 5) is 28.5.